The summed E-state index contributed by atoms with van der Waals surface area (Å²) in [7, 11) is -23.8. The van der Waals surface area contributed by atoms with Crippen LogP contribution in [0.25, 0.3) is 0 Å². The summed E-state index contributed by atoms with van der Waals surface area (Å²) in [5, 5.41) is 0. The second-order valence-electron chi connectivity index (χ2n) is 6.94. The van der Waals surface area contributed by atoms with Crippen molar-refractivity contribution in [1.82, 2.24) is 14.7 Å². The average molecular weight is 629 g/mol. The van der Waals surface area contributed by atoms with Crippen molar-refractivity contribution in [2.24, 2.45) is 0 Å². The summed E-state index contributed by atoms with van der Waals surface area (Å²) in [5.74, 6) is 0. The largest absolute Gasteiger partial charge is 3.00 e. The average Bonchev–Trinajstić information content (AvgIpc) is 2.41. The SMILES string of the molecule is O=P(O)(O)CN(CCN(CP(=O)(O)O)CP(=O)(O)O)CCN(CP(=O)(O)O)CP(=O)(O)O.[Fe+3]. The summed E-state index contributed by atoms with van der Waals surface area (Å²) >= 11 is 0. The van der Waals surface area contributed by atoms with Crippen molar-refractivity contribution in [1.29, 1.82) is 0 Å². The fourth-order valence-corrected chi connectivity index (χ4v) is 6.66. The maximum atomic E-state index is 11.4. The molecule has 24 heteroatoms. The molecule has 0 heterocycles. The number of rotatable bonds is 16. The molecule has 0 aliphatic rings. The minimum absolute atomic E-state index is 0. The predicted octanol–water partition coefficient (Wildman–Crippen LogP) is -2.43. The van der Waals surface area contributed by atoms with Crippen molar-refractivity contribution in [3.63, 3.8) is 0 Å². The Kier molecular flexibility index (Phi) is 15.6. The Morgan fingerprint density at radius 2 is 0.515 bits per heavy atom. The molecule has 0 saturated heterocycles. The van der Waals surface area contributed by atoms with Crippen LogP contribution < -0.4 is 0 Å². The number of hydrogen-bond donors (Lipinski definition) is 10. The molecule has 10 N–H and O–H groups in total. The van der Waals surface area contributed by atoms with Crippen LogP contribution in [-0.2, 0) is 39.9 Å². The van der Waals surface area contributed by atoms with Crippen LogP contribution in [0.5, 0.6) is 0 Å². The van der Waals surface area contributed by atoms with E-state index in [1.54, 1.807) is 0 Å². The summed E-state index contributed by atoms with van der Waals surface area (Å²) in [6, 6.07) is 0. The first-order valence-corrected chi connectivity index (χ1v) is 17.3. The molecule has 0 aliphatic heterocycles. The molecule has 18 nitrogen and oxygen atoms in total. The van der Waals surface area contributed by atoms with Gasteiger partial charge in [0, 0.05) is 26.2 Å². The molecule has 0 aromatic rings. The van der Waals surface area contributed by atoms with Gasteiger partial charge in [0.2, 0.25) is 0 Å². The second kappa shape index (κ2) is 14.2. The standard InChI is InChI=1S/C9H28N3O15P5.Fe/c13-28(14,15)5-10(1-3-11(6-29(16,17)18)7-30(19,20)21)2-4-12(8-31(22,23)24)9-32(25,26)27;/h1-9H2,(H2,13,14,15)(H2,16,17,18)(H2,19,20,21)(H2,22,23,24)(H2,25,26,27);/q;+3. The molecule has 0 spiro atoms. The van der Waals surface area contributed by atoms with E-state index in [0.717, 1.165) is 4.90 Å². The Morgan fingerprint density at radius 3 is 0.697 bits per heavy atom. The normalized spacial score (nSPS) is 14.2. The van der Waals surface area contributed by atoms with Gasteiger partial charge in [-0.1, -0.05) is 0 Å². The van der Waals surface area contributed by atoms with Crippen LogP contribution in [0.15, 0.2) is 0 Å². The minimum Gasteiger partial charge on any atom is -0.324 e. The smallest absolute Gasteiger partial charge is 0.324 e. The van der Waals surface area contributed by atoms with Crippen molar-refractivity contribution < 1.29 is 88.8 Å². The summed E-state index contributed by atoms with van der Waals surface area (Å²) in [6.45, 7) is -1.78. The van der Waals surface area contributed by atoms with E-state index < -0.39 is 95.6 Å². The Morgan fingerprint density at radius 1 is 0.364 bits per heavy atom. The predicted molar refractivity (Wildman–Crippen MR) is 110 cm³/mol. The van der Waals surface area contributed by atoms with Gasteiger partial charge in [-0.05, 0) is 0 Å². The molecule has 1 radical (unpaired) electrons. The fourth-order valence-electron chi connectivity index (χ4n) is 2.49. The van der Waals surface area contributed by atoms with E-state index in [4.69, 9.17) is 39.1 Å². The Labute approximate surface area is 199 Å². The van der Waals surface area contributed by atoms with Gasteiger partial charge in [-0.25, -0.2) is 0 Å². The van der Waals surface area contributed by atoms with Crippen LogP contribution in [0.2, 0.25) is 0 Å². The summed E-state index contributed by atoms with van der Waals surface area (Å²) < 4.78 is 56.1. The van der Waals surface area contributed by atoms with Gasteiger partial charge in [-0.15, -0.1) is 0 Å². The van der Waals surface area contributed by atoms with Gasteiger partial charge >= 0.3 is 55.0 Å². The third-order valence-electron chi connectivity index (χ3n) is 3.39. The Hall–Kier alpha value is 1.15. The zero-order chi connectivity index (χ0) is 25.6. The van der Waals surface area contributed by atoms with E-state index in [-0.39, 0.29) is 17.1 Å². The van der Waals surface area contributed by atoms with Crippen LogP contribution in [0.1, 0.15) is 0 Å². The molecular weight excluding hydrogens is 601 g/mol. The van der Waals surface area contributed by atoms with Gasteiger partial charge < -0.3 is 48.9 Å². The van der Waals surface area contributed by atoms with E-state index in [1.165, 1.54) is 0 Å². The number of hydrogen-bond acceptors (Lipinski definition) is 8. The van der Waals surface area contributed by atoms with Crippen molar-refractivity contribution in [2.45, 2.75) is 0 Å². The van der Waals surface area contributed by atoms with Crippen molar-refractivity contribution in [2.75, 3.05) is 57.6 Å². The molecule has 0 rings (SSSR count). The molecule has 0 amide bonds. The van der Waals surface area contributed by atoms with Crippen molar-refractivity contribution in [3.8, 4) is 0 Å². The quantitative estimate of drug-likeness (QED) is 0.0627. The van der Waals surface area contributed by atoms with E-state index in [0.29, 0.717) is 9.80 Å². The van der Waals surface area contributed by atoms with E-state index in [1.807, 2.05) is 0 Å². The van der Waals surface area contributed by atoms with Gasteiger partial charge in [0.25, 0.3) is 0 Å². The van der Waals surface area contributed by atoms with Crippen molar-refractivity contribution >= 4 is 38.0 Å². The second-order valence-corrected chi connectivity index (χ2v) is 15.0. The van der Waals surface area contributed by atoms with Crippen LogP contribution in [0, 0.1) is 0 Å². The summed E-state index contributed by atoms with van der Waals surface area (Å²) in [5.41, 5.74) is 0. The molecule has 33 heavy (non-hydrogen) atoms. The molecule has 199 valence electrons. The van der Waals surface area contributed by atoms with Crippen molar-refractivity contribution in [3.05, 3.63) is 0 Å². The fraction of sp³-hybridized carbons (Fsp3) is 1.00. The molecule has 0 aromatic heterocycles. The van der Waals surface area contributed by atoms with E-state index in [9.17, 15) is 32.6 Å². The van der Waals surface area contributed by atoms with Crippen LogP contribution >= 0.6 is 38.0 Å². The first-order valence-electron chi connectivity index (χ1n) is 8.34. The van der Waals surface area contributed by atoms with Crippen LogP contribution in [-0.4, -0.2) is 121 Å². The third kappa shape index (κ3) is 24.6. The molecular formula is C9H28FeN3O15P5+3. The Bertz CT molecular complexity index is 727. The van der Waals surface area contributed by atoms with Gasteiger partial charge in [0.1, 0.15) is 31.4 Å². The van der Waals surface area contributed by atoms with Gasteiger partial charge in [0.05, 0.1) is 0 Å². The zero-order valence-corrected chi connectivity index (χ0v) is 22.4. The number of nitrogens with zero attached hydrogens (tertiary/aromatic N) is 3. The minimum atomic E-state index is -4.76. The van der Waals surface area contributed by atoms with E-state index >= 15 is 0 Å². The topological polar surface area (TPSA) is 297 Å². The molecule has 0 aromatic carbocycles. The molecule has 0 unspecified atom stereocenters. The van der Waals surface area contributed by atoms with E-state index in [2.05, 4.69) is 0 Å². The van der Waals surface area contributed by atoms with Crippen LogP contribution in [0.3, 0.4) is 0 Å². The van der Waals surface area contributed by atoms with Gasteiger partial charge in [-0.2, -0.15) is 0 Å². The first-order chi connectivity index (χ1) is 13.9. The molecule has 0 atom stereocenters. The molecule has 0 bridgehead atoms. The maximum absolute atomic E-state index is 11.4. The monoisotopic (exact) mass is 629 g/mol. The zero-order valence-electron chi connectivity index (χ0n) is 16.8. The van der Waals surface area contributed by atoms with Gasteiger partial charge in [-0.3, -0.25) is 37.5 Å². The molecule has 0 aliphatic carbocycles. The molecule has 0 fully saturated rings. The summed E-state index contributed by atoms with van der Waals surface area (Å²) in [6.07, 6.45) is -5.21. The first kappa shape index (κ1) is 36.3. The maximum Gasteiger partial charge on any atom is 3.00 e. The Balaban J connectivity index is 0. The summed E-state index contributed by atoms with van der Waals surface area (Å²) in [4.78, 5) is 93.2. The van der Waals surface area contributed by atoms with Crippen LogP contribution in [0.4, 0.5) is 0 Å². The third-order valence-corrected chi connectivity index (χ3v) is 7.23. The molecule has 0 saturated carbocycles. The van der Waals surface area contributed by atoms with Gasteiger partial charge in [0.15, 0.2) is 0 Å².